The first kappa shape index (κ1) is 17.1. The average Bonchev–Trinajstić information content (AvgIpc) is 2.61. The van der Waals surface area contributed by atoms with Gasteiger partial charge in [-0.3, -0.25) is 9.69 Å². The highest BCUT2D eigenvalue weighted by molar-refractivity contribution is 5.78. The highest BCUT2D eigenvalue weighted by Gasteiger charge is 2.22. The molecule has 24 heavy (non-hydrogen) atoms. The van der Waals surface area contributed by atoms with Gasteiger partial charge in [0.05, 0.1) is 0 Å². The molecule has 1 aliphatic rings. The Kier molecular flexibility index (Phi) is 5.66. The molecular formula is C19H27N3O2. The zero-order valence-corrected chi connectivity index (χ0v) is 14.4. The van der Waals surface area contributed by atoms with Crippen molar-refractivity contribution in [3.8, 4) is 0 Å². The molecule has 0 unspecified atom stereocenters. The van der Waals surface area contributed by atoms with Gasteiger partial charge in [0.25, 0.3) is 5.56 Å². The summed E-state index contributed by atoms with van der Waals surface area (Å²) in [5.41, 5.74) is 1.77. The van der Waals surface area contributed by atoms with Crippen LogP contribution in [0.4, 0.5) is 0 Å². The summed E-state index contributed by atoms with van der Waals surface area (Å²) in [6, 6.07) is 10.5. The van der Waals surface area contributed by atoms with Crippen molar-refractivity contribution >= 4 is 10.9 Å². The lowest BCUT2D eigenvalue weighted by atomic mass is 10.0. The first-order valence-corrected chi connectivity index (χ1v) is 8.82. The number of H-pyrrole nitrogens is 1. The van der Waals surface area contributed by atoms with Crippen molar-refractivity contribution in [1.29, 1.82) is 0 Å². The van der Waals surface area contributed by atoms with E-state index in [4.69, 9.17) is 5.11 Å². The maximum absolute atomic E-state index is 12.3. The molecule has 0 amide bonds. The number of nitrogens with zero attached hydrogens (tertiary/aromatic N) is 2. The lowest BCUT2D eigenvalue weighted by Crippen LogP contribution is -2.43. The van der Waals surface area contributed by atoms with Gasteiger partial charge in [-0.1, -0.05) is 18.2 Å². The number of piperidine rings is 1. The van der Waals surface area contributed by atoms with Crippen LogP contribution in [0.2, 0.25) is 0 Å². The molecule has 1 aliphatic heterocycles. The van der Waals surface area contributed by atoms with E-state index < -0.39 is 0 Å². The predicted octanol–water partition coefficient (Wildman–Crippen LogP) is 1.81. The number of likely N-dealkylation sites (tertiary alicyclic amines) is 1. The first-order valence-electron chi connectivity index (χ1n) is 8.82. The standard InChI is InChI=1S/C19H27N3O2/c1-21(9-4-12-23)17-7-10-22(11-8-17)14-16-13-15-5-2-3-6-18(15)20-19(16)24/h2-3,5-6,13,17,23H,4,7-12,14H2,1H3,(H,20,24). The second kappa shape index (κ2) is 7.92. The van der Waals surface area contributed by atoms with Gasteiger partial charge in [-0.25, -0.2) is 0 Å². The van der Waals surface area contributed by atoms with Gasteiger partial charge in [0.15, 0.2) is 0 Å². The molecular weight excluding hydrogens is 302 g/mol. The van der Waals surface area contributed by atoms with Crippen molar-refractivity contribution in [2.24, 2.45) is 0 Å². The van der Waals surface area contributed by atoms with Gasteiger partial charge in [0, 0.05) is 36.8 Å². The molecule has 3 rings (SSSR count). The molecule has 2 N–H and O–H groups in total. The van der Waals surface area contributed by atoms with Crippen LogP contribution >= 0.6 is 0 Å². The minimum atomic E-state index is 0.0240. The number of para-hydroxylation sites is 1. The molecule has 0 radical (unpaired) electrons. The Morgan fingerprint density at radius 2 is 2.04 bits per heavy atom. The summed E-state index contributed by atoms with van der Waals surface area (Å²) in [7, 11) is 2.14. The van der Waals surface area contributed by atoms with Gasteiger partial charge in [-0.05, 0) is 56.9 Å². The van der Waals surface area contributed by atoms with Gasteiger partial charge >= 0.3 is 0 Å². The van der Waals surface area contributed by atoms with E-state index in [0.29, 0.717) is 12.6 Å². The quantitative estimate of drug-likeness (QED) is 0.848. The summed E-state index contributed by atoms with van der Waals surface area (Å²) in [4.78, 5) is 20.0. The fourth-order valence-electron chi connectivity index (χ4n) is 3.57. The molecule has 0 atom stereocenters. The molecule has 1 fully saturated rings. The normalized spacial score (nSPS) is 17.0. The highest BCUT2D eigenvalue weighted by Crippen LogP contribution is 2.18. The molecule has 0 saturated carbocycles. The van der Waals surface area contributed by atoms with Crippen LogP contribution in [0.15, 0.2) is 35.1 Å². The highest BCUT2D eigenvalue weighted by atomic mass is 16.3. The number of aliphatic hydroxyl groups is 1. The largest absolute Gasteiger partial charge is 0.396 e. The van der Waals surface area contributed by atoms with Gasteiger partial charge < -0.3 is 15.0 Å². The molecule has 5 heteroatoms. The van der Waals surface area contributed by atoms with Crippen LogP contribution < -0.4 is 5.56 Å². The van der Waals surface area contributed by atoms with Crippen molar-refractivity contribution in [3.63, 3.8) is 0 Å². The molecule has 5 nitrogen and oxygen atoms in total. The zero-order valence-electron chi connectivity index (χ0n) is 14.4. The van der Waals surface area contributed by atoms with E-state index in [-0.39, 0.29) is 12.2 Å². The van der Waals surface area contributed by atoms with Crippen molar-refractivity contribution < 1.29 is 5.11 Å². The average molecular weight is 329 g/mol. The number of fused-ring (bicyclic) bond motifs is 1. The molecule has 2 heterocycles. The Bertz CT molecular complexity index is 720. The van der Waals surface area contributed by atoms with Crippen molar-refractivity contribution in [1.82, 2.24) is 14.8 Å². The molecule has 1 saturated heterocycles. The van der Waals surface area contributed by atoms with Crippen LogP contribution in [0.25, 0.3) is 10.9 Å². The third-order valence-electron chi connectivity index (χ3n) is 5.07. The number of pyridine rings is 1. The topological polar surface area (TPSA) is 59.6 Å². The third-order valence-corrected chi connectivity index (χ3v) is 5.07. The molecule has 0 spiro atoms. The van der Waals surface area contributed by atoms with E-state index in [1.165, 1.54) is 0 Å². The number of nitrogens with one attached hydrogen (secondary N) is 1. The third kappa shape index (κ3) is 4.04. The maximum atomic E-state index is 12.3. The minimum absolute atomic E-state index is 0.0240. The number of hydrogen-bond acceptors (Lipinski definition) is 4. The zero-order chi connectivity index (χ0) is 16.9. The van der Waals surface area contributed by atoms with Gasteiger partial charge in [-0.15, -0.1) is 0 Å². The number of aromatic nitrogens is 1. The predicted molar refractivity (Wildman–Crippen MR) is 97.2 cm³/mol. The Hall–Kier alpha value is -1.69. The Balaban J connectivity index is 1.60. The van der Waals surface area contributed by atoms with Crippen LogP contribution in [0.1, 0.15) is 24.8 Å². The summed E-state index contributed by atoms with van der Waals surface area (Å²) in [5.74, 6) is 0. The summed E-state index contributed by atoms with van der Waals surface area (Å²) in [5, 5.41) is 10.0. The van der Waals surface area contributed by atoms with Crippen LogP contribution in [0, 0.1) is 0 Å². The summed E-state index contributed by atoms with van der Waals surface area (Å²) in [6.45, 7) is 3.95. The second-order valence-electron chi connectivity index (χ2n) is 6.78. The van der Waals surface area contributed by atoms with Gasteiger partial charge in [0.2, 0.25) is 0 Å². The van der Waals surface area contributed by atoms with Gasteiger partial charge in [0.1, 0.15) is 0 Å². The molecule has 130 valence electrons. The monoisotopic (exact) mass is 329 g/mol. The van der Waals surface area contributed by atoms with Crippen LogP contribution in [-0.4, -0.2) is 59.2 Å². The van der Waals surface area contributed by atoms with E-state index in [1.54, 1.807) is 0 Å². The molecule has 1 aromatic heterocycles. The number of benzene rings is 1. The number of hydrogen-bond donors (Lipinski definition) is 2. The lowest BCUT2D eigenvalue weighted by molar-refractivity contribution is 0.117. The summed E-state index contributed by atoms with van der Waals surface area (Å²) < 4.78 is 0. The Labute approximate surface area is 142 Å². The number of aromatic amines is 1. The van der Waals surface area contributed by atoms with Crippen molar-refractivity contribution in [2.45, 2.75) is 31.8 Å². The van der Waals surface area contributed by atoms with Crippen LogP contribution in [-0.2, 0) is 6.54 Å². The number of aliphatic hydroxyl groups excluding tert-OH is 1. The van der Waals surface area contributed by atoms with Crippen LogP contribution in [0.3, 0.4) is 0 Å². The Morgan fingerprint density at radius 3 is 2.79 bits per heavy atom. The molecule has 2 aromatic rings. The lowest BCUT2D eigenvalue weighted by Gasteiger charge is -2.36. The maximum Gasteiger partial charge on any atom is 0.252 e. The Morgan fingerprint density at radius 1 is 1.29 bits per heavy atom. The first-order chi connectivity index (χ1) is 11.7. The summed E-state index contributed by atoms with van der Waals surface area (Å²) >= 11 is 0. The smallest absolute Gasteiger partial charge is 0.252 e. The van der Waals surface area contributed by atoms with Crippen molar-refractivity contribution in [2.75, 3.05) is 33.3 Å². The molecule has 0 aliphatic carbocycles. The molecule has 1 aromatic carbocycles. The van der Waals surface area contributed by atoms with Crippen molar-refractivity contribution in [3.05, 3.63) is 46.2 Å². The minimum Gasteiger partial charge on any atom is -0.396 e. The second-order valence-corrected chi connectivity index (χ2v) is 6.78. The van der Waals surface area contributed by atoms with Gasteiger partial charge in [-0.2, -0.15) is 0 Å². The SMILES string of the molecule is CN(CCCO)C1CCN(Cc2cc3ccccc3[nH]c2=O)CC1. The van der Waals surface area contributed by atoms with E-state index in [1.807, 2.05) is 30.3 Å². The van der Waals surface area contributed by atoms with Crippen LogP contribution in [0.5, 0.6) is 0 Å². The number of rotatable bonds is 6. The van der Waals surface area contributed by atoms with E-state index in [9.17, 15) is 4.79 Å². The summed E-state index contributed by atoms with van der Waals surface area (Å²) in [6.07, 6.45) is 3.07. The fourth-order valence-corrected chi connectivity index (χ4v) is 3.57. The van der Waals surface area contributed by atoms with E-state index >= 15 is 0 Å². The molecule has 0 bridgehead atoms. The fraction of sp³-hybridized carbons (Fsp3) is 0.526. The van der Waals surface area contributed by atoms with E-state index in [0.717, 1.165) is 55.4 Å². The van der Waals surface area contributed by atoms with E-state index in [2.05, 4.69) is 21.8 Å².